The quantitative estimate of drug-likeness (QED) is 0.533. The molecular formula is C20H27Cl2F3N2O. The summed E-state index contributed by atoms with van der Waals surface area (Å²) in [4.78, 5) is 3.83. The zero-order valence-corrected chi connectivity index (χ0v) is 18.0. The summed E-state index contributed by atoms with van der Waals surface area (Å²) in [5.41, 5.74) is 1.00. The number of ether oxygens (including phenoxy) is 1. The van der Waals surface area contributed by atoms with E-state index in [4.69, 9.17) is 4.74 Å². The highest BCUT2D eigenvalue weighted by Gasteiger charge is 2.31. The third kappa shape index (κ3) is 7.87. The number of hydrogen-bond donors (Lipinski definition) is 0. The molecule has 0 aliphatic rings. The first-order valence-corrected chi connectivity index (χ1v) is 8.42. The van der Waals surface area contributed by atoms with Crippen molar-refractivity contribution in [1.82, 2.24) is 9.80 Å². The van der Waals surface area contributed by atoms with E-state index < -0.39 is 11.7 Å². The summed E-state index contributed by atoms with van der Waals surface area (Å²) in [5.74, 6) is 0.471. The van der Waals surface area contributed by atoms with Gasteiger partial charge in [-0.1, -0.05) is 30.3 Å². The van der Waals surface area contributed by atoms with E-state index >= 15 is 0 Å². The Balaban J connectivity index is 0.00000364. The van der Waals surface area contributed by atoms with E-state index in [1.54, 1.807) is 0 Å². The maximum atomic E-state index is 13.0. The molecule has 0 bridgehead atoms. The van der Waals surface area contributed by atoms with Crippen LogP contribution in [0.3, 0.4) is 0 Å². The fourth-order valence-electron chi connectivity index (χ4n) is 2.61. The van der Waals surface area contributed by atoms with Gasteiger partial charge in [0.1, 0.15) is 12.0 Å². The molecule has 1 unspecified atom stereocenters. The summed E-state index contributed by atoms with van der Waals surface area (Å²) < 4.78 is 45.0. The van der Waals surface area contributed by atoms with Crippen LogP contribution in [0.15, 0.2) is 48.5 Å². The first-order valence-electron chi connectivity index (χ1n) is 8.42. The van der Waals surface area contributed by atoms with E-state index in [0.29, 0.717) is 24.4 Å². The fraction of sp³-hybridized carbons (Fsp3) is 0.400. The van der Waals surface area contributed by atoms with E-state index in [1.807, 2.05) is 68.2 Å². The molecule has 2 aromatic rings. The first-order chi connectivity index (χ1) is 12.2. The normalized spacial score (nSPS) is 12.3. The minimum Gasteiger partial charge on any atom is -0.475 e. The van der Waals surface area contributed by atoms with Crippen LogP contribution >= 0.6 is 24.8 Å². The Morgan fingerprint density at radius 2 is 1.54 bits per heavy atom. The molecule has 0 aromatic heterocycles. The highest BCUT2D eigenvalue weighted by Crippen LogP contribution is 2.33. The molecule has 0 saturated carbocycles. The van der Waals surface area contributed by atoms with Crippen molar-refractivity contribution in [1.29, 1.82) is 0 Å². The molecule has 3 nitrogen and oxygen atoms in total. The summed E-state index contributed by atoms with van der Waals surface area (Å²) in [7, 11) is 5.55. The molecule has 0 aliphatic carbocycles. The van der Waals surface area contributed by atoms with E-state index in [9.17, 15) is 13.2 Å². The Labute approximate surface area is 177 Å². The third-order valence-corrected chi connectivity index (χ3v) is 4.07. The molecule has 0 radical (unpaired) electrons. The molecule has 158 valence electrons. The van der Waals surface area contributed by atoms with Gasteiger partial charge in [0, 0.05) is 18.7 Å². The van der Waals surface area contributed by atoms with Crippen LogP contribution in [0.2, 0.25) is 0 Å². The van der Waals surface area contributed by atoms with Crippen LogP contribution in [0.5, 0.6) is 5.75 Å². The van der Waals surface area contributed by atoms with Gasteiger partial charge in [0.15, 0.2) is 0 Å². The van der Waals surface area contributed by atoms with E-state index in [1.165, 1.54) is 12.1 Å². The van der Waals surface area contributed by atoms with Crippen molar-refractivity contribution >= 4 is 24.8 Å². The highest BCUT2D eigenvalue weighted by atomic mass is 35.5. The maximum Gasteiger partial charge on any atom is 0.416 e. The number of nitrogens with zero attached hydrogens (tertiary/aromatic N) is 2. The summed E-state index contributed by atoms with van der Waals surface area (Å²) in [6.45, 7) is 2.94. The number of halogens is 5. The molecule has 8 heteroatoms. The average Bonchev–Trinajstić information content (AvgIpc) is 2.55. The number of hydrogen-bond acceptors (Lipinski definition) is 3. The SMILES string of the molecule is CC(Oc1ccc(C(F)(F)F)cc1CN(C)C)N(C)Cc1ccccc1.Cl.Cl. The van der Waals surface area contributed by atoms with Crippen molar-refractivity contribution in [3.8, 4) is 5.75 Å². The zero-order chi connectivity index (χ0) is 19.3. The molecule has 2 aromatic carbocycles. The first kappa shape index (κ1) is 26.5. The van der Waals surface area contributed by atoms with E-state index in [-0.39, 0.29) is 31.0 Å². The second-order valence-electron chi connectivity index (χ2n) is 6.68. The lowest BCUT2D eigenvalue weighted by Crippen LogP contribution is -2.33. The van der Waals surface area contributed by atoms with Gasteiger partial charge < -0.3 is 9.64 Å². The molecule has 0 spiro atoms. The number of alkyl halides is 3. The molecule has 0 fully saturated rings. The summed E-state index contributed by atoms with van der Waals surface area (Å²) in [5, 5.41) is 0. The Bertz CT molecular complexity index is 712. The van der Waals surface area contributed by atoms with Crippen LogP contribution in [0, 0.1) is 0 Å². The van der Waals surface area contributed by atoms with Gasteiger partial charge in [-0.2, -0.15) is 13.2 Å². The van der Waals surface area contributed by atoms with Crippen LogP contribution in [0.25, 0.3) is 0 Å². The molecule has 0 amide bonds. The van der Waals surface area contributed by atoms with Crippen LogP contribution in [-0.2, 0) is 19.3 Å². The molecule has 0 aliphatic heterocycles. The molecule has 0 N–H and O–H groups in total. The van der Waals surface area contributed by atoms with Crippen molar-refractivity contribution in [2.75, 3.05) is 21.1 Å². The van der Waals surface area contributed by atoms with Gasteiger partial charge in [-0.3, -0.25) is 4.90 Å². The smallest absolute Gasteiger partial charge is 0.416 e. The minimum absolute atomic E-state index is 0. The number of benzene rings is 2. The molecule has 0 heterocycles. The van der Waals surface area contributed by atoms with Crippen molar-refractivity contribution in [2.45, 2.75) is 32.4 Å². The maximum absolute atomic E-state index is 13.0. The Kier molecular flexibility index (Phi) is 10.9. The van der Waals surface area contributed by atoms with E-state index in [0.717, 1.165) is 11.6 Å². The van der Waals surface area contributed by atoms with Gasteiger partial charge in [0.25, 0.3) is 0 Å². The molecule has 0 saturated heterocycles. The van der Waals surface area contributed by atoms with Crippen LogP contribution in [-0.4, -0.2) is 37.2 Å². The average molecular weight is 439 g/mol. The summed E-state index contributed by atoms with van der Waals surface area (Å²) >= 11 is 0. The lowest BCUT2D eigenvalue weighted by molar-refractivity contribution is -0.137. The largest absolute Gasteiger partial charge is 0.475 e. The summed E-state index contributed by atoms with van der Waals surface area (Å²) in [6.07, 6.45) is -4.65. The topological polar surface area (TPSA) is 15.7 Å². The monoisotopic (exact) mass is 438 g/mol. The van der Waals surface area contributed by atoms with Gasteiger partial charge in [-0.05, 0) is 51.8 Å². The summed E-state index contributed by atoms with van der Waals surface area (Å²) in [6, 6.07) is 13.6. The van der Waals surface area contributed by atoms with Gasteiger partial charge in [-0.15, -0.1) is 24.8 Å². The minimum atomic E-state index is -4.37. The lowest BCUT2D eigenvalue weighted by Gasteiger charge is -2.27. The molecule has 1 atom stereocenters. The van der Waals surface area contributed by atoms with Gasteiger partial charge in [0.05, 0.1) is 5.56 Å². The van der Waals surface area contributed by atoms with Gasteiger partial charge in [0.2, 0.25) is 0 Å². The predicted octanol–water partition coefficient (Wildman–Crippen LogP) is 5.47. The number of rotatable bonds is 7. The highest BCUT2D eigenvalue weighted by molar-refractivity contribution is 5.85. The van der Waals surface area contributed by atoms with Crippen molar-refractivity contribution in [3.63, 3.8) is 0 Å². The second kappa shape index (κ2) is 11.5. The zero-order valence-electron chi connectivity index (χ0n) is 16.4. The van der Waals surface area contributed by atoms with Crippen LogP contribution in [0.1, 0.15) is 23.6 Å². The van der Waals surface area contributed by atoms with Crippen molar-refractivity contribution in [2.24, 2.45) is 0 Å². The predicted molar refractivity (Wildman–Crippen MR) is 111 cm³/mol. The van der Waals surface area contributed by atoms with Gasteiger partial charge >= 0.3 is 6.18 Å². The second-order valence-corrected chi connectivity index (χ2v) is 6.68. The Hall–Kier alpha value is -1.47. The van der Waals surface area contributed by atoms with Crippen LogP contribution in [0.4, 0.5) is 13.2 Å². The van der Waals surface area contributed by atoms with Gasteiger partial charge in [-0.25, -0.2) is 0 Å². The fourth-order valence-corrected chi connectivity index (χ4v) is 2.61. The molecular weight excluding hydrogens is 412 g/mol. The van der Waals surface area contributed by atoms with Crippen molar-refractivity contribution < 1.29 is 17.9 Å². The molecule has 2 rings (SSSR count). The third-order valence-electron chi connectivity index (χ3n) is 4.07. The molecule has 28 heavy (non-hydrogen) atoms. The van der Waals surface area contributed by atoms with E-state index in [2.05, 4.69) is 0 Å². The van der Waals surface area contributed by atoms with Crippen LogP contribution < -0.4 is 4.74 Å². The Morgan fingerprint density at radius 1 is 0.929 bits per heavy atom. The standard InChI is InChI=1S/C20H25F3N2O.2ClH/c1-15(25(4)13-16-8-6-5-7-9-16)26-19-11-10-18(20(21,22)23)12-17(19)14-24(2)3;;/h5-12,15H,13-14H2,1-4H3;2*1H. The van der Waals surface area contributed by atoms with Crippen molar-refractivity contribution in [3.05, 3.63) is 65.2 Å². The lowest BCUT2D eigenvalue weighted by atomic mass is 10.1. The Morgan fingerprint density at radius 3 is 2.07 bits per heavy atom.